The quantitative estimate of drug-likeness (QED) is 0.809. The second-order valence-corrected chi connectivity index (χ2v) is 4.99. The van der Waals surface area contributed by atoms with Gasteiger partial charge >= 0.3 is 0 Å². The zero-order chi connectivity index (χ0) is 12.5. The summed E-state index contributed by atoms with van der Waals surface area (Å²) in [5.41, 5.74) is 8.44. The first-order valence-electron chi connectivity index (χ1n) is 6.57. The third kappa shape index (κ3) is 1.89. The van der Waals surface area contributed by atoms with Gasteiger partial charge < -0.3 is 15.2 Å². The lowest BCUT2D eigenvalue weighted by molar-refractivity contribution is 0.352. The molecule has 2 N–H and O–H groups in total. The van der Waals surface area contributed by atoms with Crippen molar-refractivity contribution < 1.29 is 9.47 Å². The highest BCUT2D eigenvalue weighted by Crippen LogP contribution is 2.53. The van der Waals surface area contributed by atoms with Crippen LogP contribution < -0.4 is 15.2 Å². The third-order valence-corrected chi connectivity index (χ3v) is 3.84. The fourth-order valence-corrected chi connectivity index (χ4v) is 2.82. The molecule has 2 atom stereocenters. The van der Waals surface area contributed by atoms with Crippen molar-refractivity contribution in [2.75, 3.05) is 19.8 Å². The molecule has 0 amide bonds. The Kier molecular flexibility index (Phi) is 3.00. The lowest BCUT2D eigenvalue weighted by Gasteiger charge is -2.14. The fraction of sp³-hybridized carbons (Fsp3) is 0.467. The van der Waals surface area contributed by atoms with Gasteiger partial charge in [-0.3, -0.25) is 0 Å². The third-order valence-electron chi connectivity index (χ3n) is 3.84. The van der Waals surface area contributed by atoms with Gasteiger partial charge in [-0.2, -0.15) is 0 Å². The Bertz CT molecular complexity index is 470. The summed E-state index contributed by atoms with van der Waals surface area (Å²) in [5, 5.41) is 0. The Labute approximate surface area is 108 Å². The van der Waals surface area contributed by atoms with E-state index in [1.807, 2.05) is 12.1 Å². The van der Waals surface area contributed by atoms with Crippen LogP contribution in [0.5, 0.6) is 11.5 Å². The van der Waals surface area contributed by atoms with Gasteiger partial charge in [-0.25, -0.2) is 0 Å². The molecule has 1 heterocycles. The zero-order valence-electron chi connectivity index (χ0n) is 10.5. The molecule has 0 radical (unpaired) electrons. The van der Waals surface area contributed by atoms with Crippen molar-refractivity contribution in [2.45, 2.75) is 18.8 Å². The standard InChI is InChI=1S/C15H19NO2/c1-2-6-17-14-4-3-13-11(5-7-18-13)15(14)12-8-10(12)9-16/h2-4,10,12H,1,5-9,16H2. The lowest BCUT2D eigenvalue weighted by atomic mass is 9.98. The van der Waals surface area contributed by atoms with Crippen LogP contribution in [0.2, 0.25) is 0 Å². The Morgan fingerprint density at radius 3 is 3.11 bits per heavy atom. The minimum absolute atomic E-state index is 0.548. The van der Waals surface area contributed by atoms with Crippen molar-refractivity contribution in [3.8, 4) is 11.5 Å². The molecular formula is C15H19NO2. The van der Waals surface area contributed by atoms with Gasteiger partial charge in [0.15, 0.2) is 0 Å². The van der Waals surface area contributed by atoms with Gasteiger partial charge in [0, 0.05) is 17.5 Å². The van der Waals surface area contributed by atoms with E-state index in [0.29, 0.717) is 18.4 Å². The largest absolute Gasteiger partial charge is 0.493 e. The van der Waals surface area contributed by atoms with Crippen molar-refractivity contribution in [3.63, 3.8) is 0 Å². The van der Waals surface area contributed by atoms with E-state index in [1.54, 1.807) is 6.08 Å². The molecule has 0 spiro atoms. The van der Waals surface area contributed by atoms with E-state index in [0.717, 1.165) is 31.1 Å². The number of hydrogen-bond acceptors (Lipinski definition) is 3. The molecule has 18 heavy (non-hydrogen) atoms. The minimum Gasteiger partial charge on any atom is -0.493 e. The van der Waals surface area contributed by atoms with Crippen LogP contribution in [-0.2, 0) is 6.42 Å². The average molecular weight is 245 g/mol. The van der Waals surface area contributed by atoms with E-state index < -0.39 is 0 Å². The molecule has 0 saturated heterocycles. The van der Waals surface area contributed by atoms with Crippen molar-refractivity contribution >= 4 is 0 Å². The smallest absolute Gasteiger partial charge is 0.123 e. The van der Waals surface area contributed by atoms with Crippen molar-refractivity contribution in [3.05, 3.63) is 35.9 Å². The Hall–Kier alpha value is -1.48. The molecular weight excluding hydrogens is 226 g/mol. The van der Waals surface area contributed by atoms with Gasteiger partial charge in [0.25, 0.3) is 0 Å². The molecule has 0 bridgehead atoms. The molecule has 1 aliphatic heterocycles. The maximum absolute atomic E-state index is 5.79. The van der Waals surface area contributed by atoms with Crippen LogP contribution >= 0.6 is 0 Å². The van der Waals surface area contributed by atoms with Gasteiger partial charge in [0.1, 0.15) is 18.1 Å². The molecule has 2 aliphatic rings. The van der Waals surface area contributed by atoms with Gasteiger partial charge in [-0.1, -0.05) is 12.7 Å². The fourth-order valence-electron chi connectivity index (χ4n) is 2.82. The highest BCUT2D eigenvalue weighted by Gasteiger charge is 2.41. The van der Waals surface area contributed by atoms with E-state index >= 15 is 0 Å². The van der Waals surface area contributed by atoms with E-state index in [2.05, 4.69) is 6.58 Å². The van der Waals surface area contributed by atoms with E-state index in [9.17, 15) is 0 Å². The number of nitrogens with two attached hydrogens (primary N) is 1. The summed E-state index contributed by atoms with van der Waals surface area (Å²) in [6, 6.07) is 4.04. The lowest BCUT2D eigenvalue weighted by Crippen LogP contribution is -2.05. The van der Waals surface area contributed by atoms with Gasteiger partial charge in [0.2, 0.25) is 0 Å². The van der Waals surface area contributed by atoms with Crippen LogP contribution in [0.15, 0.2) is 24.8 Å². The maximum atomic E-state index is 5.79. The average Bonchev–Trinajstić information content (AvgIpc) is 3.02. The predicted molar refractivity (Wildman–Crippen MR) is 71.2 cm³/mol. The summed E-state index contributed by atoms with van der Waals surface area (Å²) >= 11 is 0. The molecule has 1 aromatic carbocycles. The minimum atomic E-state index is 0.548. The Morgan fingerprint density at radius 2 is 2.39 bits per heavy atom. The monoisotopic (exact) mass is 245 g/mol. The second-order valence-electron chi connectivity index (χ2n) is 4.99. The summed E-state index contributed by atoms with van der Waals surface area (Å²) in [6.07, 6.45) is 3.95. The molecule has 3 nitrogen and oxygen atoms in total. The van der Waals surface area contributed by atoms with Crippen LogP contribution in [0.3, 0.4) is 0 Å². The van der Waals surface area contributed by atoms with Crippen LogP contribution in [0.25, 0.3) is 0 Å². The molecule has 1 aliphatic carbocycles. The zero-order valence-corrected chi connectivity index (χ0v) is 10.5. The van der Waals surface area contributed by atoms with Gasteiger partial charge in [0.05, 0.1) is 6.61 Å². The predicted octanol–water partition coefficient (Wildman–Crippen LogP) is 2.25. The van der Waals surface area contributed by atoms with Crippen molar-refractivity contribution in [1.29, 1.82) is 0 Å². The number of ether oxygens (including phenoxy) is 2. The second kappa shape index (κ2) is 4.65. The summed E-state index contributed by atoms with van der Waals surface area (Å²) in [4.78, 5) is 0. The van der Waals surface area contributed by atoms with Crippen LogP contribution in [0, 0.1) is 5.92 Å². The number of fused-ring (bicyclic) bond motifs is 1. The highest BCUT2D eigenvalue weighted by atomic mass is 16.5. The van der Waals surface area contributed by atoms with Gasteiger partial charge in [-0.05, 0) is 36.9 Å². The first-order chi connectivity index (χ1) is 8.85. The molecule has 2 unspecified atom stereocenters. The Morgan fingerprint density at radius 1 is 1.50 bits per heavy atom. The maximum Gasteiger partial charge on any atom is 0.123 e. The topological polar surface area (TPSA) is 44.5 Å². The number of benzene rings is 1. The summed E-state index contributed by atoms with van der Waals surface area (Å²) < 4.78 is 11.4. The Balaban J connectivity index is 1.96. The summed E-state index contributed by atoms with van der Waals surface area (Å²) in [5.74, 6) is 3.19. The first-order valence-corrected chi connectivity index (χ1v) is 6.57. The van der Waals surface area contributed by atoms with Crippen LogP contribution in [0.1, 0.15) is 23.5 Å². The molecule has 0 aromatic heterocycles. The highest BCUT2D eigenvalue weighted by molar-refractivity contribution is 5.54. The summed E-state index contributed by atoms with van der Waals surface area (Å²) in [6.45, 7) is 5.79. The number of hydrogen-bond donors (Lipinski definition) is 1. The molecule has 1 fully saturated rings. The first kappa shape index (κ1) is 11.6. The summed E-state index contributed by atoms with van der Waals surface area (Å²) in [7, 11) is 0. The van der Waals surface area contributed by atoms with Crippen LogP contribution in [0.4, 0.5) is 0 Å². The van der Waals surface area contributed by atoms with Gasteiger partial charge in [-0.15, -0.1) is 0 Å². The van der Waals surface area contributed by atoms with E-state index in [1.165, 1.54) is 17.5 Å². The SMILES string of the molecule is C=CCOc1ccc2c(c1C1CC1CN)CCO2. The van der Waals surface area contributed by atoms with Crippen molar-refractivity contribution in [1.82, 2.24) is 0 Å². The molecule has 96 valence electrons. The number of rotatable bonds is 5. The normalized spacial score (nSPS) is 24.3. The van der Waals surface area contributed by atoms with Crippen molar-refractivity contribution in [2.24, 2.45) is 11.7 Å². The molecule has 1 saturated carbocycles. The molecule has 3 heteroatoms. The molecule has 1 aromatic rings. The van der Waals surface area contributed by atoms with E-state index in [4.69, 9.17) is 15.2 Å². The van der Waals surface area contributed by atoms with Crippen LogP contribution in [-0.4, -0.2) is 19.8 Å². The molecule has 3 rings (SSSR count). The van der Waals surface area contributed by atoms with E-state index in [-0.39, 0.29) is 0 Å².